The summed E-state index contributed by atoms with van der Waals surface area (Å²) in [5.74, 6) is 0.215. The van der Waals surface area contributed by atoms with E-state index in [-0.39, 0.29) is 17.8 Å². The van der Waals surface area contributed by atoms with Gasteiger partial charge < -0.3 is 9.64 Å². The van der Waals surface area contributed by atoms with Gasteiger partial charge in [0.1, 0.15) is 0 Å². The fraction of sp³-hybridized carbons (Fsp3) is 0.857. The van der Waals surface area contributed by atoms with Gasteiger partial charge in [0.05, 0.1) is 12.5 Å². The zero-order chi connectivity index (χ0) is 13.5. The third-order valence-electron chi connectivity index (χ3n) is 3.27. The van der Waals surface area contributed by atoms with Crippen LogP contribution in [0, 0.1) is 11.8 Å². The van der Waals surface area contributed by atoms with Crippen LogP contribution < -0.4 is 0 Å². The first kappa shape index (κ1) is 15.0. The zero-order valence-electron chi connectivity index (χ0n) is 11.8. The Morgan fingerprint density at radius 3 is 2.83 bits per heavy atom. The van der Waals surface area contributed by atoms with Crippen LogP contribution in [0.3, 0.4) is 0 Å². The Hall–Kier alpha value is -1.06. The molecule has 0 spiro atoms. The molecule has 1 saturated heterocycles. The van der Waals surface area contributed by atoms with Gasteiger partial charge >= 0.3 is 5.97 Å². The number of carbonyl (C=O) groups is 2. The molecular formula is C14H25NO3. The number of nitrogens with zero attached hydrogens (tertiary/aromatic N) is 1. The normalized spacial score (nSPS) is 19.7. The molecule has 1 atom stereocenters. The van der Waals surface area contributed by atoms with Gasteiger partial charge in [-0.15, -0.1) is 0 Å². The number of esters is 1. The second kappa shape index (κ2) is 7.39. The largest absolute Gasteiger partial charge is 0.465 e. The second-order valence-electron chi connectivity index (χ2n) is 5.44. The van der Waals surface area contributed by atoms with Gasteiger partial charge in [0, 0.05) is 19.5 Å². The average molecular weight is 255 g/mol. The number of ether oxygens (including phenoxy) is 1. The molecule has 1 aliphatic rings. The van der Waals surface area contributed by atoms with Crippen LogP contribution in [-0.2, 0) is 14.3 Å². The maximum absolute atomic E-state index is 11.7. The lowest BCUT2D eigenvalue weighted by Crippen LogP contribution is -2.28. The van der Waals surface area contributed by atoms with E-state index >= 15 is 0 Å². The van der Waals surface area contributed by atoms with Crippen molar-refractivity contribution in [3.8, 4) is 0 Å². The number of hydrogen-bond acceptors (Lipinski definition) is 3. The van der Waals surface area contributed by atoms with Crippen molar-refractivity contribution in [2.45, 2.75) is 46.5 Å². The van der Waals surface area contributed by atoms with E-state index in [1.807, 2.05) is 0 Å². The van der Waals surface area contributed by atoms with Crippen molar-refractivity contribution >= 4 is 11.9 Å². The minimum Gasteiger partial charge on any atom is -0.465 e. The highest BCUT2D eigenvalue weighted by Crippen LogP contribution is 2.20. The van der Waals surface area contributed by atoms with E-state index in [1.165, 1.54) is 0 Å². The van der Waals surface area contributed by atoms with Gasteiger partial charge in [-0.25, -0.2) is 0 Å². The molecule has 0 aliphatic carbocycles. The minimum absolute atomic E-state index is 0.0908. The summed E-state index contributed by atoms with van der Waals surface area (Å²) in [7, 11) is 0. The SMILES string of the molecule is CCCCOC(=O)C1CC(=O)N(CCC(C)C)C1. The van der Waals surface area contributed by atoms with E-state index in [0.29, 0.717) is 25.5 Å². The summed E-state index contributed by atoms with van der Waals surface area (Å²) in [5, 5.41) is 0. The van der Waals surface area contributed by atoms with Crippen molar-refractivity contribution < 1.29 is 14.3 Å². The fourth-order valence-electron chi connectivity index (χ4n) is 2.00. The molecule has 0 radical (unpaired) electrons. The highest BCUT2D eigenvalue weighted by Gasteiger charge is 2.34. The summed E-state index contributed by atoms with van der Waals surface area (Å²) < 4.78 is 5.17. The maximum atomic E-state index is 11.7. The number of unbranched alkanes of at least 4 members (excludes halogenated alkanes) is 1. The van der Waals surface area contributed by atoms with Crippen LogP contribution in [0.5, 0.6) is 0 Å². The fourth-order valence-corrected chi connectivity index (χ4v) is 2.00. The van der Waals surface area contributed by atoms with Gasteiger partial charge in [-0.2, -0.15) is 0 Å². The van der Waals surface area contributed by atoms with E-state index in [4.69, 9.17) is 4.74 Å². The Morgan fingerprint density at radius 1 is 1.50 bits per heavy atom. The highest BCUT2D eigenvalue weighted by molar-refractivity contribution is 5.86. The minimum atomic E-state index is -0.249. The van der Waals surface area contributed by atoms with Gasteiger partial charge in [-0.3, -0.25) is 9.59 Å². The third-order valence-corrected chi connectivity index (χ3v) is 3.27. The van der Waals surface area contributed by atoms with Crippen molar-refractivity contribution in [2.75, 3.05) is 19.7 Å². The molecule has 104 valence electrons. The van der Waals surface area contributed by atoms with Crippen molar-refractivity contribution in [3.05, 3.63) is 0 Å². The van der Waals surface area contributed by atoms with Crippen LogP contribution in [0.25, 0.3) is 0 Å². The van der Waals surface area contributed by atoms with Crippen molar-refractivity contribution in [2.24, 2.45) is 11.8 Å². The number of carbonyl (C=O) groups excluding carboxylic acids is 2. The second-order valence-corrected chi connectivity index (χ2v) is 5.44. The first-order chi connectivity index (χ1) is 8.54. The average Bonchev–Trinajstić information content (AvgIpc) is 2.68. The monoisotopic (exact) mass is 255 g/mol. The van der Waals surface area contributed by atoms with E-state index in [1.54, 1.807) is 4.90 Å². The molecule has 0 saturated carbocycles. The number of rotatable bonds is 7. The molecule has 4 nitrogen and oxygen atoms in total. The number of likely N-dealkylation sites (tertiary alicyclic amines) is 1. The van der Waals surface area contributed by atoms with E-state index in [0.717, 1.165) is 25.8 Å². The molecule has 18 heavy (non-hydrogen) atoms. The molecule has 0 aromatic rings. The van der Waals surface area contributed by atoms with Crippen LogP contribution in [-0.4, -0.2) is 36.5 Å². The van der Waals surface area contributed by atoms with Crippen molar-refractivity contribution in [1.82, 2.24) is 4.90 Å². The molecule has 0 bridgehead atoms. The first-order valence-corrected chi connectivity index (χ1v) is 6.99. The van der Waals surface area contributed by atoms with Crippen LogP contribution in [0.2, 0.25) is 0 Å². The Kier molecular flexibility index (Phi) is 6.16. The Bertz CT molecular complexity index is 289. The predicted molar refractivity (Wildman–Crippen MR) is 70.0 cm³/mol. The molecule has 0 aromatic heterocycles. The Labute approximate surface area is 110 Å². The number of amides is 1. The first-order valence-electron chi connectivity index (χ1n) is 6.99. The van der Waals surface area contributed by atoms with Crippen LogP contribution in [0.15, 0.2) is 0 Å². The molecular weight excluding hydrogens is 230 g/mol. The van der Waals surface area contributed by atoms with Gasteiger partial charge in [-0.1, -0.05) is 27.2 Å². The van der Waals surface area contributed by atoms with Gasteiger partial charge in [0.2, 0.25) is 5.91 Å². The summed E-state index contributed by atoms with van der Waals surface area (Å²) in [5.41, 5.74) is 0. The lowest BCUT2D eigenvalue weighted by molar-refractivity contribution is -0.148. The van der Waals surface area contributed by atoms with Crippen LogP contribution in [0.4, 0.5) is 0 Å². The summed E-state index contributed by atoms with van der Waals surface area (Å²) in [6.07, 6.45) is 3.22. The standard InChI is InChI=1S/C14H25NO3/c1-4-5-8-18-14(17)12-9-13(16)15(10-12)7-6-11(2)3/h11-12H,4-10H2,1-3H3. The Morgan fingerprint density at radius 2 is 2.22 bits per heavy atom. The van der Waals surface area contributed by atoms with E-state index < -0.39 is 0 Å². The lowest BCUT2D eigenvalue weighted by Gasteiger charge is -2.17. The lowest BCUT2D eigenvalue weighted by atomic mass is 10.1. The molecule has 1 amide bonds. The molecule has 1 heterocycles. The predicted octanol–water partition coefficient (Wildman–Crippen LogP) is 2.22. The molecule has 1 aliphatic heterocycles. The zero-order valence-corrected chi connectivity index (χ0v) is 11.8. The van der Waals surface area contributed by atoms with Gasteiger partial charge in [0.25, 0.3) is 0 Å². The summed E-state index contributed by atoms with van der Waals surface area (Å²) in [6, 6.07) is 0. The van der Waals surface area contributed by atoms with Gasteiger partial charge in [-0.05, 0) is 18.8 Å². The van der Waals surface area contributed by atoms with Crippen LogP contribution in [0.1, 0.15) is 46.5 Å². The van der Waals surface area contributed by atoms with Crippen molar-refractivity contribution in [3.63, 3.8) is 0 Å². The summed E-state index contributed by atoms with van der Waals surface area (Å²) in [4.78, 5) is 25.3. The van der Waals surface area contributed by atoms with Crippen molar-refractivity contribution in [1.29, 1.82) is 0 Å². The molecule has 1 unspecified atom stereocenters. The molecule has 4 heteroatoms. The quantitative estimate of drug-likeness (QED) is 0.517. The topological polar surface area (TPSA) is 46.6 Å². The Balaban J connectivity index is 2.33. The van der Waals surface area contributed by atoms with Crippen LogP contribution >= 0.6 is 0 Å². The number of hydrogen-bond donors (Lipinski definition) is 0. The molecule has 1 rings (SSSR count). The van der Waals surface area contributed by atoms with Gasteiger partial charge in [0.15, 0.2) is 0 Å². The smallest absolute Gasteiger partial charge is 0.311 e. The highest BCUT2D eigenvalue weighted by atomic mass is 16.5. The third kappa shape index (κ3) is 4.67. The summed E-state index contributed by atoms with van der Waals surface area (Å²) in [6.45, 7) is 8.10. The molecule has 0 N–H and O–H groups in total. The van der Waals surface area contributed by atoms with E-state index in [2.05, 4.69) is 20.8 Å². The summed E-state index contributed by atoms with van der Waals surface area (Å²) >= 11 is 0. The molecule has 0 aromatic carbocycles. The van der Waals surface area contributed by atoms with E-state index in [9.17, 15) is 9.59 Å². The molecule has 1 fully saturated rings. The maximum Gasteiger partial charge on any atom is 0.311 e.